The Kier molecular flexibility index (Phi) is 6.57. The van der Waals surface area contributed by atoms with Crippen LogP contribution in [-0.4, -0.2) is 37.7 Å². The fourth-order valence-electron chi connectivity index (χ4n) is 1.21. The van der Waals surface area contributed by atoms with Crippen molar-refractivity contribution < 1.29 is 4.74 Å². The van der Waals surface area contributed by atoms with Crippen molar-refractivity contribution in [3.63, 3.8) is 0 Å². The van der Waals surface area contributed by atoms with Crippen LogP contribution in [0.25, 0.3) is 0 Å². The summed E-state index contributed by atoms with van der Waals surface area (Å²) in [6.07, 6.45) is 2.64. The average Bonchev–Trinajstić information content (AvgIpc) is 2.03. The topological polar surface area (TPSA) is 12.5 Å². The lowest BCUT2D eigenvalue weighted by Crippen LogP contribution is -2.36. The molecule has 1 heterocycles. The third-order valence-corrected chi connectivity index (χ3v) is 1.93. The second-order valence-corrected chi connectivity index (χ2v) is 2.81. The summed E-state index contributed by atoms with van der Waals surface area (Å²) in [5, 5.41) is 0. The van der Waals surface area contributed by atoms with Crippen molar-refractivity contribution in [3.05, 3.63) is 0 Å². The van der Waals surface area contributed by atoms with Gasteiger partial charge in [0.1, 0.15) is 0 Å². The molecule has 1 aliphatic rings. The third-order valence-electron chi connectivity index (χ3n) is 1.93. The first-order valence-electron chi connectivity index (χ1n) is 4.23. The van der Waals surface area contributed by atoms with Gasteiger partial charge in [0.25, 0.3) is 0 Å². The highest BCUT2D eigenvalue weighted by Gasteiger charge is 2.07. The predicted octanol–water partition coefficient (Wildman–Crippen LogP) is 1.75. The van der Waals surface area contributed by atoms with Gasteiger partial charge in [0.2, 0.25) is 0 Å². The van der Waals surface area contributed by atoms with Gasteiger partial charge in [-0.2, -0.15) is 0 Å². The molecular formula is C9H21NO. The smallest absolute Gasteiger partial charge is 0.0594 e. The van der Waals surface area contributed by atoms with Gasteiger partial charge in [-0.1, -0.05) is 20.8 Å². The molecule has 0 saturated carbocycles. The Bertz CT molecular complexity index is 79.6. The van der Waals surface area contributed by atoms with Crippen LogP contribution in [-0.2, 0) is 4.74 Å². The Morgan fingerprint density at radius 2 is 1.91 bits per heavy atom. The van der Waals surface area contributed by atoms with E-state index in [1.165, 1.54) is 19.4 Å². The van der Waals surface area contributed by atoms with Gasteiger partial charge in [-0.15, -0.1) is 0 Å². The van der Waals surface area contributed by atoms with Crippen LogP contribution < -0.4 is 0 Å². The zero-order valence-electron chi connectivity index (χ0n) is 6.81. The van der Waals surface area contributed by atoms with Crippen LogP contribution in [0.4, 0.5) is 0 Å². The lowest BCUT2D eigenvalue weighted by Gasteiger charge is -2.26. The van der Waals surface area contributed by atoms with Crippen LogP contribution >= 0.6 is 0 Å². The van der Waals surface area contributed by atoms with Crippen molar-refractivity contribution in [3.8, 4) is 0 Å². The number of hydrogen-bond acceptors (Lipinski definition) is 2. The monoisotopic (exact) mass is 159 g/mol. The molecular weight excluding hydrogens is 138 g/mol. The quantitative estimate of drug-likeness (QED) is 0.622. The third kappa shape index (κ3) is 4.38. The molecule has 11 heavy (non-hydrogen) atoms. The van der Waals surface area contributed by atoms with Crippen LogP contribution in [0.5, 0.6) is 0 Å². The van der Waals surface area contributed by atoms with Crippen molar-refractivity contribution >= 4 is 0 Å². The molecule has 0 aromatic heterocycles. The van der Waals surface area contributed by atoms with Gasteiger partial charge < -0.3 is 4.74 Å². The molecule has 0 aromatic carbocycles. The lowest BCUT2D eigenvalue weighted by atomic mass is 10.3. The van der Waals surface area contributed by atoms with Gasteiger partial charge in [0, 0.05) is 13.1 Å². The van der Waals surface area contributed by atoms with E-state index in [1.54, 1.807) is 0 Å². The Labute approximate surface area is 70.5 Å². The molecule has 1 aliphatic heterocycles. The summed E-state index contributed by atoms with van der Waals surface area (Å²) in [4.78, 5) is 2.48. The SMILES string of the molecule is C.CCCCN1CCOCC1. The fraction of sp³-hybridized carbons (Fsp3) is 1.00. The summed E-state index contributed by atoms with van der Waals surface area (Å²) >= 11 is 0. The van der Waals surface area contributed by atoms with Gasteiger partial charge in [-0.25, -0.2) is 0 Å². The normalized spacial score (nSPS) is 19.4. The molecule has 0 aliphatic carbocycles. The van der Waals surface area contributed by atoms with Crippen molar-refractivity contribution in [2.75, 3.05) is 32.8 Å². The van der Waals surface area contributed by atoms with E-state index >= 15 is 0 Å². The maximum atomic E-state index is 5.24. The summed E-state index contributed by atoms with van der Waals surface area (Å²) in [7, 11) is 0. The molecule has 1 rings (SSSR count). The van der Waals surface area contributed by atoms with Crippen LogP contribution in [0, 0.1) is 0 Å². The number of rotatable bonds is 3. The van der Waals surface area contributed by atoms with Crippen LogP contribution in [0.15, 0.2) is 0 Å². The first kappa shape index (κ1) is 10.9. The van der Waals surface area contributed by atoms with E-state index in [0.29, 0.717) is 0 Å². The fourth-order valence-corrected chi connectivity index (χ4v) is 1.21. The molecule has 1 fully saturated rings. The Morgan fingerprint density at radius 3 is 2.45 bits per heavy atom. The predicted molar refractivity (Wildman–Crippen MR) is 48.9 cm³/mol. The molecule has 68 valence electrons. The van der Waals surface area contributed by atoms with E-state index in [0.717, 1.165) is 26.3 Å². The molecule has 2 nitrogen and oxygen atoms in total. The van der Waals surface area contributed by atoms with E-state index in [-0.39, 0.29) is 7.43 Å². The summed E-state index contributed by atoms with van der Waals surface area (Å²) in [6.45, 7) is 7.65. The van der Waals surface area contributed by atoms with Gasteiger partial charge in [-0.05, 0) is 13.0 Å². The summed E-state index contributed by atoms with van der Waals surface area (Å²) < 4.78 is 5.24. The first-order valence-corrected chi connectivity index (χ1v) is 4.23. The maximum Gasteiger partial charge on any atom is 0.0594 e. The standard InChI is InChI=1S/C8H17NO.CH4/c1-2-3-4-9-5-7-10-8-6-9;/h2-8H2,1H3;1H4. The molecule has 1 saturated heterocycles. The minimum atomic E-state index is 0. The van der Waals surface area contributed by atoms with E-state index < -0.39 is 0 Å². The van der Waals surface area contributed by atoms with E-state index in [4.69, 9.17) is 4.74 Å². The largest absolute Gasteiger partial charge is 0.379 e. The summed E-state index contributed by atoms with van der Waals surface area (Å²) in [5.41, 5.74) is 0. The minimum absolute atomic E-state index is 0. The summed E-state index contributed by atoms with van der Waals surface area (Å²) in [5.74, 6) is 0. The zero-order chi connectivity index (χ0) is 7.23. The lowest BCUT2D eigenvalue weighted by molar-refractivity contribution is 0.0373. The Morgan fingerprint density at radius 1 is 1.27 bits per heavy atom. The molecule has 0 bridgehead atoms. The van der Waals surface area contributed by atoms with Crippen LogP contribution in [0.2, 0.25) is 0 Å². The molecule has 0 unspecified atom stereocenters. The van der Waals surface area contributed by atoms with Gasteiger partial charge in [0.05, 0.1) is 13.2 Å². The zero-order valence-corrected chi connectivity index (χ0v) is 6.81. The second kappa shape index (κ2) is 6.62. The minimum Gasteiger partial charge on any atom is -0.379 e. The number of ether oxygens (including phenoxy) is 1. The van der Waals surface area contributed by atoms with E-state index in [9.17, 15) is 0 Å². The highest BCUT2D eigenvalue weighted by molar-refractivity contribution is 4.60. The van der Waals surface area contributed by atoms with Crippen LogP contribution in [0.1, 0.15) is 27.2 Å². The average molecular weight is 159 g/mol. The number of hydrogen-bond donors (Lipinski definition) is 0. The highest BCUT2D eigenvalue weighted by atomic mass is 16.5. The van der Waals surface area contributed by atoms with E-state index in [2.05, 4.69) is 11.8 Å². The number of nitrogens with zero attached hydrogens (tertiary/aromatic N) is 1. The van der Waals surface area contributed by atoms with Gasteiger partial charge >= 0.3 is 0 Å². The molecule has 2 heteroatoms. The van der Waals surface area contributed by atoms with Crippen molar-refractivity contribution in [1.29, 1.82) is 0 Å². The Hall–Kier alpha value is -0.0800. The maximum absolute atomic E-state index is 5.24. The molecule has 0 radical (unpaired) electrons. The van der Waals surface area contributed by atoms with Gasteiger partial charge in [0.15, 0.2) is 0 Å². The van der Waals surface area contributed by atoms with Crippen molar-refractivity contribution in [1.82, 2.24) is 4.90 Å². The first-order chi connectivity index (χ1) is 4.93. The van der Waals surface area contributed by atoms with Crippen LogP contribution in [0.3, 0.4) is 0 Å². The molecule has 0 amide bonds. The molecule has 0 aromatic rings. The molecule has 0 N–H and O–H groups in total. The Balaban J connectivity index is 0.000001000. The summed E-state index contributed by atoms with van der Waals surface area (Å²) in [6, 6.07) is 0. The molecule has 0 spiro atoms. The number of unbranched alkanes of at least 4 members (excludes halogenated alkanes) is 1. The second-order valence-electron chi connectivity index (χ2n) is 2.81. The van der Waals surface area contributed by atoms with Crippen molar-refractivity contribution in [2.24, 2.45) is 0 Å². The van der Waals surface area contributed by atoms with Crippen molar-refractivity contribution in [2.45, 2.75) is 27.2 Å². The highest BCUT2D eigenvalue weighted by Crippen LogP contribution is 1.98. The number of morpholine rings is 1. The molecule has 0 atom stereocenters. The van der Waals surface area contributed by atoms with Gasteiger partial charge in [-0.3, -0.25) is 4.90 Å². The van der Waals surface area contributed by atoms with E-state index in [1.807, 2.05) is 0 Å².